The van der Waals surface area contributed by atoms with Crippen LogP contribution in [0.2, 0.25) is 0 Å². The molecule has 0 radical (unpaired) electrons. The normalized spacial score (nSPS) is 32.6. The smallest absolute Gasteiger partial charge is 0.164 e. The first kappa shape index (κ1) is 9.51. The van der Waals surface area contributed by atoms with E-state index in [1.165, 1.54) is 0 Å². The fourth-order valence-electron chi connectivity index (χ4n) is 1.12. The molecule has 0 aliphatic carbocycles. The first-order chi connectivity index (χ1) is 5.27. The Labute approximate surface area is 72.8 Å². The van der Waals surface area contributed by atoms with Crippen LogP contribution in [0.25, 0.3) is 0 Å². The van der Waals surface area contributed by atoms with Crippen LogP contribution in [-0.2, 0) is 9.84 Å². The zero-order valence-corrected chi connectivity index (χ0v) is 8.35. The number of amidine groups is 1. The van der Waals surface area contributed by atoms with Crippen molar-refractivity contribution in [3.05, 3.63) is 0 Å². The number of aliphatic imine (C=N–C) groups is 1. The van der Waals surface area contributed by atoms with E-state index in [9.17, 15) is 8.42 Å². The lowest BCUT2D eigenvalue weighted by Crippen LogP contribution is -2.51. The maximum atomic E-state index is 11.6. The van der Waals surface area contributed by atoms with E-state index in [0.29, 0.717) is 0 Å². The van der Waals surface area contributed by atoms with Crippen molar-refractivity contribution in [3.8, 4) is 0 Å². The Kier molecular flexibility index (Phi) is 1.94. The fourth-order valence-corrected chi connectivity index (χ4v) is 2.61. The third kappa shape index (κ3) is 1.22. The van der Waals surface area contributed by atoms with Gasteiger partial charge in [-0.1, -0.05) is 0 Å². The van der Waals surface area contributed by atoms with Gasteiger partial charge in [-0.3, -0.25) is 4.99 Å². The van der Waals surface area contributed by atoms with Crippen LogP contribution in [-0.4, -0.2) is 30.8 Å². The second kappa shape index (κ2) is 2.45. The van der Waals surface area contributed by atoms with Gasteiger partial charge in [-0.2, -0.15) is 0 Å². The Morgan fingerprint density at radius 3 is 2.50 bits per heavy atom. The molecular formula is C7H14N2O2S. The number of sulfone groups is 1. The van der Waals surface area contributed by atoms with E-state index in [2.05, 4.69) is 4.99 Å². The molecule has 0 aromatic carbocycles. The molecule has 0 spiro atoms. The van der Waals surface area contributed by atoms with Crippen molar-refractivity contribution in [3.63, 3.8) is 0 Å². The van der Waals surface area contributed by atoms with Crippen LogP contribution in [0.1, 0.15) is 20.8 Å². The molecule has 1 atom stereocenters. The van der Waals surface area contributed by atoms with Crippen molar-refractivity contribution in [2.24, 2.45) is 10.7 Å². The predicted octanol–water partition coefficient (Wildman–Crippen LogP) is -0.0609. The topological polar surface area (TPSA) is 72.5 Å². The lowest BCUT2D eigenvalue weighted by molar-refractivity contribution is 0.563. The zero-order valence-electron chi connectivity index (χ0n) is 7.53. The average molecular weight is 190 g/mol. The maximum Gasteiger partial charge on any atom is 0.164 e. The fraction of sp³-hybridized carbons (Fsp3) is 0.857. The highest BCUT2D eigenvalue weighted by atomic mass is 32.2. The van der Waals surface area contributed by atoms with Gasteiger partial charge in [0.15, 0.2) is 9.84 Å². The molecule has 0 fully saturated rings. The first-order valence-electron chi connectivity index (χ1n) is 3.83. The summed E-state index contributed by atoms with van der Waals surface area (Å²) < 4.78 is 22.1. The third-order valence-corrected chi connectivity index (χ3v) is 4.90. The summed E-state index contributed by atoms with van der Waals surface area (Å²) in [6, 6.07) is -0.206. The van der Waals surface area contributed by atoms with E-state index >= 15 is 0 Å². The van der Waals surface area contributed by atoms with Gasteiger partial charge < -0.3 is 5.73 Å². The molecule has 70 valence electrons. The monoisotopic (exact) mass is 190 g/mol. The Morgan fingerprint density at radius 1 is 1.58 bits per heavy atom. The van der Waals surface area contributed by atoms with Crippen molar-refractivity contribution < 1.29 is 8.42 Å². The Balaban J connectivity index is 3.25. The molecule has 4 nitrogen and oxygen atoms in total. The molecule has 12 heavy (non-hydrogen) atoms. The quantitative estimate of drug-likeness (QED) is 0.581. The zero-order chi connectivity index (χ0) is 9.57. The molecular weight excluding hydrogens is 176 g/mol. The van der Waals surface area contributed by atoms with E-state index in [0.717, 1.165) is 0 Å². The van der Waals surface area contributed by atoms with Crippen molar-refractivity contribution >= 4 is 15.7 Å². The van der Waals surface area contributed by atoms with Gasteiger partial charge >= 0.3 is 0 Å². The number of nitrogens with two attached hydrogens (primary N) is 1. The molecule has 0 bridgehead atoms. The summed E-state index contributed by atoms with van der Waals surface area (Å²) in [6.45, 7) is 4.93. The largest absolute Gasteiger partial charge is 0.386 e. The number of nitrogens with zero attached hydrogens (tertiary/aromatic N) is 1. The van der Waals surface area contributed by atoms with Gasteiger partial charge in [-0.05, 0) is 20.8 Å². The molecule has 1 rings (SSSR count). The Hall–Kier alpha value is -0.580. The highest BCUT2D eigenvalue weighted by molar-refractivity contribution is 7.93. The highest BCUT2D eigenvalue weighted by Gasteiger charge is 2.42. The van der Waals surface area contributed by atoms with Gasteiger partial charge in [0, 0.05) is 0 Å². The molecule has 1 aliphatic heterocycles. The van der Waals surface area contributed by atoms with Gasteiger partial charge in [-0.25, -0.2) is 8.42 Å². The van der Waals surface area contributed by atoms with E-state index in [1.807, 2.05) is 0 Å². The van der Waals surface area contributed by atoms with Crippen LogP contribution in [0.5, 0.6) is 0 Å². The van der Waals surface area contributed by atoms with Crippen molar-refractivity contribution in [1.82, 2.24) is 0 Å². The molecule has 5 heteroatoms. The molecule has 0 saturated carbocycles. The summed E-state index contributed by atoms with van der Waals surface area (Å²) in [6.07, 6.45) is 0. The van der Waals surface area contributed by atoms with Crippen molar-refractivity contribution in [2.75, 3.05) is 5.75 Å². The van der Waals surface area contributed by atoms with Gasteiger partial charge in [0.2, 0.25) is 0 Å². The van der Waals surface area contributed by atoms with Crippen molar-refractivity contribution in [2.45, 2.75) is 31.6 Å². The second-order valence-corrected chi connectivity index (χ2v) is 6.24. The predicted molar refractivity (Wildman–Crippen MR) is 49.0 cm³/mol. The minimum absolute atomic E-state index is 0.0979. The number of rotatable bonds is 0. The molecule has 0 amide bonds. The standard InChI is InChI=1S/C7H14N2O2S/c1-5-4-12(10,11)7(2,3)6(8)9-5/h5H,4H2,1-3H3,(H2,8,9). The lowest BCUT2D eigenvalue weighted by atomic mass is 10.2. The summed E-state index contributed by atoms with van der Waals surface area (Å²) in [5.41, 5.74) is 5.55. The molecule has 0 saturated heterocycles. The number of hydrogen-bond donors (Lipinski definition) is 1. The van der Waals surface area contributed by atoms with Crippen LogP contribution in [0.3, 0.4) is 0 Å². The Bertz CT molecular complexity index is 316. The van der Waals surface area contributed by atoms with Gasteiger partial charge in [0.25, 0.3) is 0 Å². The van der Waals surface area contributed by atoms with Crippen LogP contribution >= 0.6 is 0 Å². The minimum Gasteiger partial charge on any atom is -0.386 e. The summed E-state index contributed by atoms with van der Waals surface area (Å²) in [7, 11) is -3.12. The van der Waals surface area contributed by atoms with E-state index < -0.39 is 14.6 Å². The molecule has 0 aromatic rings. The van der Waals surface area contributed by atoms with Gasteiger partial charge in [0.1, 0.15) is 10.6 Å². The number of hydrogen-bond acceptors (Lipinski definition) is 4. The van der Waals surface area contributed by atoms with Crippen molar-refractivity contribution in [1.29, 1.82) is 0 Å². The van der Waals surface area contributed by atoms with Crippen LogP contribution < -0.4 is 5.73 Å². The van der Waals surface area contributed by atoms with E-state index in [4.69, 9.17) is 5.73 Å². The van der Waals surface area contributed by atoms with Gasteiger partial charge in [-0.15, -0.1) is 0 Å². The summed E-state index contributed by atoms with van der Waals surface area (Å²) in [4.78, 5) is 4.05. The molecule has 1 aliphatic rings. The van der Waals surface area contributed by atoms with E-state index in [-0.39, 0.29) is 17.6 Å². The molecule has 1 unspecified atom stereocenters. The first-order valence-corrected chi connectivity index (χ1v) is 5.48. The SMILES string of the molecule is CC1CS(=O)(=O)C(C)(C)C(N)=N1. The summed E-state index contributed by atoms with van der Waals surface area (Å²) in [5, 5.41) is 0. The second-order valence-electron chi connectivity index (χ2n) is 3.66. The van der Waals surface area contributed by atoms with Crippen LogP contribution in [0.15, 0.2) is 4.99 Å². The maximum absolute atomic E-state index is 11.6. The van der Waals surface area contributed by atoms with Crippen LogP contribution in [0.4, 0.5) is 0 Å². The summed E-state index contributed by atoms with van der Waals surface area (Å²) >= 11 is 0. The molecule has 1 heterocycles. The van der Waals surface area contributed by atoms with Gasteiger partial charge in [0.05, 0.1) is 11.8 Å². The third-order valence-electron chi connectivity index (χ3n) is 2.21. The van der Waals surface area contributed by atoms with Crippen LogP contribution in [0, 0.1) is 0 Å². The van der Waals surface area contributed by atoms with E-state index in [1.54, 1.807) is 20.8 Å². The molecule has 2 N–H and O–H groups in total. The summed E-state index contributed by atoms with van der Waals surface area (Å²) in [5.74, 6) is 0.321. The lowest BCUT2D eigenvalue weighted by Gasteiger charge is -2.30. The minimum atomic E-state index is -3.12. The Morgan fingerprint density at radius 2 is 2.08 bits per heavy atom. The highest BCUT2D eigenvalue weighted by Crippen LogP contribution is 2.23. The molecule has 0 aromatic heterocycles. The average Bonchev–Trinajstić information content (AvgIpc) is 1.82.